The van der Waals surface area contributed by atoms with Crippen molar-refractivity contribution < 1.29 is 23.1 Å². The Hall–Kier alpha value is -1.09. The van der Waals surface area contributed by atoms with Gasteiger partial charge in [0.1, 0.15) is 5.75 Å². The minimum atomic E-state index is -3.54. The Balaban J connectivity index is 2.87. The van der Waals surface area contributed by atoms with Crippen LogP contribution in [0.4, 0.5) is 0 Å². The Kier molecular flexibility index (Phi) is 4.52. The molecule has 0 saturated heterocycles. The molecule has 0 atom stereocenters. The van der Waals surface area contributed by atoms with Gasteiger partial charge in [0.05, 0.1) is 4.90 Å². The summed E-state index contributed by atoms with van der Waals surface area (Å²) in [5, 5.41) is 17.1. The summed E-state index contributed by atoms with van der Waals surface area (Å²) in [5.41, 5.74) is 0. The van der Waals surface area contributed by atoms with Gasteiger partial charge >= 0.3 is 7.32 Å². The zero-order valence-corrected chi connectivity index (χ0v) is 10.3. The Bertz CT molecular complexity index is 457. The number of benzene rings is 1. The summed E-state index contributed by atoms with van der Waals surface area (Å²) in [5.74, 6) is 0.170. The molecular weight excluding hydrogens is 245 g/mol. The van der Waals surface area contributed by atoms with Crippen LogP contribution in [0.1, 0.15) is 13.8 Å². The number of hydrogen-bond donors (Lipinski definition) is 3. The van der Waals surface area contributed by atoms with Crippen LogP contribution in [0, 0.1) is 0 Å². The van der Waals surface area contributed by atoms with E-state index in [2.05, 4.69) is 9.38 Å². The van der Waals surface area contributed by atoms with E-state index in [1.165, 1.54) is 24.3 Å². The van der Waals surface area contributed by atoms with Crippen molar-refractivity contribution >= 4 is 17.3 Å². The third-order valence-electron chi connectivity index (χ3n) is 1.77. The fraction of sp³-hybridized carbons (Fsp3) is 0.333. The van der Waals surface area contributed by atoms with Crippen LogP contribution in [0.15, 0.2) is 29.2 Å². The molecule has 1 rings (SSSR count). The first kappa shape index (κ1) is 14.0. The summed E-state index contributed by atoms with van der Waals surface area (Å²) in [6, 6.07) is 5.13. The first-order valence-corrected chi connectivity index (χ1v) is 6.45. The lowest BCUT2D eigenvalue weighted by atomic mass is 10.2. The maximum atomic E-state index is 11.7. The molecule has 0 spiro atoms. The summed E-state index contributed by atoms with van der Waals surface area (Å²) < 4.78 is 30.4. The Morgan fingerprint density at radius 3 is 2.18 bits per heavy atom. The van der Waals surface area contributed by atoms with E-state index in [1.807, 2.05) is 0 Å². The molecule has 3 N–H and O–H groups in total. The van der Waals surface area contributed by atoms with Crippen LogP contribution in [0.25, 0.3) is 0 Å². The van der Waals surface area contributed by atoms with Crippen molar-refractivity contribution in [3.05, 3.63) is 24.3 Å². The molecule has 0 unspecified atom stereocenters. The van der Waals surface area contributed by atoms with Crippen LogP contribution < -0.4 is 9.38 Å². The second-order valence-electron chi connectivity index (χ2n) is 3.69. The molecular formula is C9H14BNO5S. The summed E-state index contributed by atoms with van der Waals surface area (Å²) in [6.07, 6.45) is 0. The van der Waals surface area contributed by atoms with Crippen LogP contribution in [-0.4, -0.2) is 31.8 Å². The molecule has 0 aliphatic rings. The lowest BCUT2D eigenvalue weighted by Crippen LogP contribution is -2.30. The predicted molar refractivity (Wildman–Crippen MR) is 62.7 cm³/mol. The topological polar surface area (TPSA) is 95.9 Å². The van der Waals surface area contributed by atoms with Crippen molar-refractivity contribution in [1.29, 1.82) is 0 Å². The van der Waals surface area contributed by atoms with Gasteiger partial charge in [0, 0.05) is 6.04 Å². The van der Waals surface area contributed by atoms with E-state index in [1.54, 1.807) is 13.8 Å². The van der Waals surface area contributed by atoms with Crippen LogP contribution in [0.2, 0.25) is 0 Å². The van der Waals surface area contributed by atoms with E-state index in [0.717, 1.165) is 0 Å². The number of hydrogen-bond acceptors (Lipinski definition) is 5. The summed E-state index contributed by atoms with van der Waals surface area (Å²) in [7, 11) is -5.46. The van der Waals surface area contributed by atoms with Gasteiger partial charge in [0.25, 0.3) is 0 Å². The Labute approximate surface area is 100 Å². The van der Waals surface area contributed by atoms with Gasteiger partial charge in [-0.3, -0.25) is 0 Å². The standard InChI is InChI=1S/C9H14BNO5S/c1-7(2)11-17(14,15)9-5-3-8(4-6-9)16-10(12)13/h3-7,11-13H,1-2H3. The van der Waals surface area contributed by atoms with E-state index >= 15 is 0 Å². The van der Waals surface area contributed by atoms with Gasteiger partial charge in [0.15, 0.2) is 0 Å². The quantitative estimate of drug-likeness (QED) is 0.632. The molecule has 0 fully saturated rings. The van der Waals surface area contributed by atoms with Gasteiger partial charge in [-0.05, 0) is 38.1 Å². The zero-order chi connectivity index (χ0) is 13.1. The molecule has 0 amide bonds. The highest BCUT2D eigenvalue weighted by atomic mass is 32.2. The molecule has 0 radical (unpaired) electrons. The largest absolute Gasteiger partial charge is 0.707 e. The fourth-order valence-corrected chi connectivity index (χ4v) is 2.45. The van der Waals surface area contributed by atoms with E-state index in [4.69, 9.17) is 10.0 Å². The fourth-order valence-electron chi connectivity index (χ4n) is 1.20. The maximum absolute atomic E-state index is 11.7. The highest BCUT2D eigenvalue weighted by Crippen LogP contribution is 2.16. The molecule has 0 bridgehead atoms. The highest BCUT2D eigenvalue weighted by molar-refractivity contribution is 7.89. The SMILES string of the molecule is CC(C)NS(=O)(=O)c1ccc(OB(O)O)cc1. The van der Waals surface area contributed by atoms with Crippen LogP contribution in [0.5, 0.6) is 5.75 Å². The first-order valence-electron chi connectivity index (χ1n) is 4.96. The third kappa shape index (κ3) is 4.35. The number of sulfonamides is 1. The van der Waals surface area contributed by atoms with Gasteiger partial charge in [-0.15, -0.1) is 0 Å². The van der Waals surface area contributed by atoms with Crippen molar-refractivity contribution in [2.24, 2.45) is 0 Å². The summed E-state index contributed by atoms with van der Waals surface area (Å²) in [4.78, 5) is 0.0889. The van der Waals surface area contributed by atoms with Gasteiger partial charge < -0.3 is 14.7 Å². The molecule has 0 heterocycles. The molecule has 6 nitrogen and oxygen atoms in total. The van der Waals surface area contributed by atoms with Gasteiger partial charge in [-0.25, -0.2) is 13.1 Å². The lowest BCUT2D eigenvalue weighted by Gasteiger charge is -2.10. The molecule has 1 aromatic rings. The molecule has 8 heteroatoms. The summed E-state index contributed by atoms with van der Waals surface area (Å²) >= 11 is 0. The van der Waals surface area contributed by atoms with E-state index < -0.39 is 17.3 Å². The van der Waals surface area contributed by atoms with Gasteiger partial charge in [-0.2, -0.15) is 0 Å². The zero-order valence-electron chi connectivity index (χ0n) is 9.49. The average Bonchev–Trinajstić information content (AvgIpc) is 2.15. The average molecular weight is 259 g/mol. The van der Waals surface area contributed by atoms with E-state index in [-0.39, 0.29) is 16.7 Å². The minimum absolute atomic E-state index is 0.0889. The second kappa shape index (κ2) is 5.50. The Morgan fingerprint density at radius 2 is 1.76 bits per heavy atom. The van der Waals surface area contributed by atoms with Crippen molar-refractivity contribution in [3.8, 4) is 5.75 Å². The monoisotopic (exact) mass is 259 g/mol. The lowest BCUT2D eigenvalue weighted by molar-refractivity contribution is 0.288. The van der Waals surface area contributed by atoms with E-state index in [0.29, 0.717) is 0 Å². The highest BCUT2D eigenvalue weighted by Gasteiger charge is 2.16. The predicted octanol–water partition coefficient (Wildman–Crippen LogP) is -0.278. The molecule has 0 aliphatic heterocycles. The molecule has 94 valence electrons. The smallest absolute Gasteiger partial charge is 0.512 e. The molecule has 1 aromatic carbocycles. The minimum Gasteiger partial charge on any atom is -0.512 e. The normalized spacial score (nSPS) is 11.6. The van der Waals surface area contributed by atoms with Crippen molar-refractivity contribution in [3.63, 3.8) is 0 Å². The van der Waals surface area contributed by atoms with E-state index in [9.17, 15) is 8.42 Å². The summed E-state index contributed by atoms with van der Waals surface area (Å²) in [6.45, 7) is 3.44. The van der Waals surface area contributed by atoms with Gasteiger partial charge in [0.2, 0.25) is 10.0 Å². The molecule has 0 saturated carbocycles. The van der Waals surface area contributed by atoms with Crippen LogP contribution in [0.3, 0.4) is 0 Å². The molecule has 0 aliphatic carbocycles. The Morgan fingerprint density at radius 1 is 1.24 bits per heavy atom. The third-order valence-corrected chi connectivity index (χ3v) is 3.44. The van der Waals surface area contributed by atoms with Crippen molar-refractivity contribution in [2.75, 3.05) is 0 Å². The van der Waals surface area contributed by atoms with Crippen LogP contribution >= 0.6 is 0 Å². The number of nitrogens with one attached hydrogen (secondary N) is 1. The molecule has 17 heavy (non-hydrogen) atoms. The number of rotatable bonds is 5. The first-order chi connectivity index (χ1) is 7.81. The van der Waals surface area contributed by atoms with Crippen molar-refractivity contribution in [1.82, 2.24) is 4.72 Å². The van der Waals surface area contributed by atoms with Crippen LogP contribution in [-0.2, 0) is 10.0 Å². The van der Waals surface area contributed by atoms with Gasteiger partial charge in [-0.1, -0.05) is 0 Å². The molecule has 0 aromatic heterocycles. The maximum Gasteiger partial charge on any atom is 0.707 e. The van der Waals surface area contributed by atoms with Crippen molar-refractivity contribution in [2.45, 2.75) is 24.8 Å². The second-order valence-corrected chi connectivity index (χ2v) is 5.41.